The number of aliphatic hydroxyl groups is 1. The summed E-state index contributed by atoms with van der Waals surface area (Å²) in [6, 6.07) is 28.9. The third kappa shape index (κ3) is 12.9. The molecular weight excluding hydrogens is 886 g/mol. The van der Waals surface area contributed by atoms with Gasteiger partial charge in [0.2, 0.25) is 21.8 Å². The Balaban J connectivity index is 1.27. The molecule has 0 spiro atoms. The van der Waals surface area contributed by atoms with Gasteiger partial charge in [-0.15, -0.1) is 0 Å². The zero-order chi connectivity index (χ0) is 47.3. The van der Waals surface area contributed by atoms with Crippen molar-refractivity contribution in [1.82, 2.24) is 25.7 Å². The van der Waals surface area contributed by atoms with Gasteiger partial charge in [-0.05, 0) is 72.6 Å². The number of benzene rings is 4. The van der Waals surface area contributed by atoms with Gasteiger partial charge < -0.3 is 45.2 Å². The number of fused-ring (bicyclic) bond motifs is 1. The van der Waals surface area contributed by atoms with Crippen LogP contribution in [0.15, 0.2) is 115 Å². The lowest BCUT2D eigenvalue weighted by molar-refractivity contribution is -0.143. The van der Waals surface area contributed by atoms with E-state index in [2.05, 4.69) is 25.7 Å². The second kappa shape index (κ2) is 22.5. The van der Waals surface area contributed by atoms with E-state index in [9.17, 15) is 37.8 Å². The number of unbranched alkanes of at least 4 members (excludes halogenated alkanes) is 1. The lowest BCUT2D eigenvalue weighted by atomic mass is 9.86. The van der Waals surface area contributed by atoms with Crippen molar-refractivity contribution >= 4 is 52.6 Å². The summed E-state index contributed by atoms with van der Waals surface area (Å²) in [6.45, 7) is 0.223. The molecule has 66 heavy (non-hydrogen) atoms. The van der Waals surface area contributed by atoms with Crippen LogP contribution in [0.4, 0.5) is 4.79 Å². The zero-order valence-corrected chi connectivity index (χ0v) is 38.8. The molecule has 352 valence electrons. The highest BCUT2D eigenvalue weighted by molar-refractivity contribution is 7.88. The molecule has 1 unspecified atom stereocenters. The molecule has 1 saturated carbocycles. The summed E-state index contributed by atoms with van der Waals surface area (Å²) >= 11 is 0. The lowest BCUT2D eigenvalue weighted by Gasteiger charge is -2.40. The fourth-order valence-corrected chi connectivity index (χ4v) is 11.7. The van der Waals surface area contributed by atoms with Crippen LogP contribution in [0, 0.1) is 5.41 Å². The predicted molar refractivity (Wildman–Crippen MR) is 251 cm³/mol. The van der Waals surface area contributed by atoms with Crippen LogP contribution in [-0.2, 0) is 46.7 Å². The maximum absolute atomic E-state index is 15.4. The number of rotatable bonds is 23. The van der Waals surface area contributed by atoms with Gasteiger partial charge in [-0.25, -0.2) is 22.7 Å². The van der Waals surface area contributed by atoms with E-state index in [1.165, 1.54) is 7.11 Å². The van der Waals surface area contributed by atoms with Crippen LogP contribution >= 0.6 is 7.80 Å². The first-order chi connectivity index (χ1) is 31.6. The van der Waals surface area contributed by atoms with Crippen molar-refractivity contribution < 1.29 is 51.8 Å². The first kappa shape index (κ1) is 49.4. The molecule has 1 aliphatic carbocycles. The molecule has 0 bridgehead atoms. The molecule has 5 aromatic rings. The number of carboxylic acid groups (broad SMARTS) is 1. The Hall–Kier alpha value is -6.00. The molecule has 0 saturated heterocycles. The fourth-order valence-electron chi connectivity index (χ4n) is 8.64. The van der Waals surface area contributed by atoms with E-state index in [1.807, 2.05) is 54.6 Å². The van der Waals surface area contributed by atoms with Crippen LogP contribution in [0.3, 0.4) is 0 Å². The van der Waals surface area contributed by atoms with Gasteiger partial charge >= 0.3 is 12.1 Å². The van der Waals surface area contributed by atoms with Crippen molar-refractivity contribution in [3.63, 3.8) is 0 Å². The number of nitrogens with one attached hydrogen (secondary N) is 5. The van der Waals surface area contributed by atoms with Crippen LogP contribution in [0.5, 0.6) is 5.75 Å². The number of alkyl carbamates (subject to hydrolysis) is 1. The minimum Gasteiger partial charge on any atom is -0.497 e. The van der Waals surface area contributed by atoms with E-state index in [4.69, 9.17) is 9.47 Å². The monoisotopic (exact) mass is 943 g/mol. The third-order valence-electron chi connectivity index (χ3n) is 12.1. The number of carboxylic acids is 1. The normalized spacial score (nSPS) is 16.2. The van der Waals surface area contributed by atoms with Crippen molar-refractivity contribution in [1.29, 1.82) is 0 Å². The Morgan fingerprint density at radius 1 is 0.864 bits per heavy atom. The number of para-hydroxylation sites is 1. The largest absolute Gasteiger partial charge is 0.497 e. The van der Waals surface area contributed by atoms with Crippen LogP contribution in [-0.4, -0.2) is 91.1 Å². The van der Waals surface area contributed by atoms with Gasteiger partial charge in [0.05, 0.1) is 24.7 Å². The van der Waals surface area contributed by atoms with Crippen LogP contribution in [0.1, 0.15) is 73.1 Å². The standard InChI is InChI=1S/C48H58N5O11PS/c1-63-37-24-22-35(23-25-37)42(34-17-7-4-8-18-34)48(59,52-43(54)40(53-66(2,61)62)21-11-14-28-49-46(58)64-31-33-15-5-3-6-16-33)65(60)32-47(26-12-13-27-47)45(57)51-41(44(55)56)29-36-30-50-39-20-10-9-19-38(36)39/h3-10,15-20,22-25,30,40-42,50,53,59,65H,11-14,21,26-29,31-32H2,1-2H3,(H,49,58)(H,51,57)(H,52,54)(H,55,56)/t40-,41-,42-,48+/m0/s1. The molecule has 16 nitrogen and oxygen atoms in total. The fraction of sp³-hybridized carbons (Fsp3) is 0.375. The number of ether oxygens (including phenoxy) is 2. The van der Waals surface area contributed by atoms with Gasteiger partial charge in [0.15, 0.2) is 5.47 Å². The number of methoxy groups -OCH3 is 1. The minimum absolute atomic E-state index is 0.0347. The van der Waals surface area contributed by atoms with Crippen LogP contribution < -0.4 is 25.4 Å². The Kier molecular flexibility index (Phi) is 16.8. The summed E-state index contributed by atoms with van der Waals surface area (Å²) in [6.07, 6.45) is 3.60. The molecule has 4 aromatic carbocycles. The number of sulfonamides is 1. The van der Waals surface area contributed by atoms with E-state index >= 15 is 4.57 Å². The lowest BCUT2D eigenvalue weighted by Crippen LogP contribution is -2.57. The van der Waals surface area contributed by atoms with Gasteiger partial charge in [0.25, 0.3) is 0 Å². The number of H-pyrrole nitrogens is 1. The number of aliphatic carboxylic acids is 1. The molecule has 18 heteroatoms. The summed E-state index contributed by atoms with van der Waals surface area (Å²) in [5, 5.41) is 32.4. The number of hydrogen-bond donors (Lipinski definition) is 7. The molecule has 5 atom stereocenters. The van der Waals surface area contributed by atoms with Crippen molar-refractivity contribution in [3.8, 4) is 5.75 Å². The predicted octanol–water partition coefficient (Wildman–Crippen LogP) is 6.02. The molecule has 1 aromatic heterocycles. The van der Waals surface area contributed by atoms with Crippen molar-refractivity contribution in [2.75, 3.05) is 26.1 Å². The first-order valence-corrected chi connectivity index (χ1v) is 25.4. The summed E-state index contributed by atoms with van der Waals surface area (Å²) in [5.74, 6) is -3.59. The van der Waals surface area contributed by atoms with E-state index in [0.29, 0.717) is 41.7 Å². The molecule has 1 aliphatic rings. The smallest absolute Gasteiger partial charge is 0.407 e. The average molecular weight is 944 g/mol. The average Bonchev–Trinajstić information content (AvgIpc) is 3.96. The third-order valence-corrected chi connectivity index (χ3v) is 15.0. The molecule has 3 amide bonds. The quantitative estimate of drug-likeness (QED) is 0.0227. The van der Waals surface area contributed by atoms with E-state index in [0.717, 1.165) is 22.7 Å². The highest BCUT2D eigenvalue weighted by Gasteiger charge is 2.52. The van der Waals surface area contributed by atoms with E-state index in [-0.39, 0.29) is 45.3 Å². The Morgan fingerprint density at radius 3 is 2.15 bits per heavy atom. The SMILES string of the molecule is COc1ccc([C@H](c2ccccc2)[C@](O)(NC(=O)[C@H](CCCCNC(=O)OCc2ccccc2)NS(C)(=O)=O)[PH](=O)CC2(C(=O)N[C@@H](Cc3c[nH]c4ccccc34)C(=O)O)CCCC2)cc1. The second-order valence-electron chi connectivity index (χ2n) is 16.8. The summed E-state index contributed by atoms with van der Waals surface area (Å²) in [4.78, 5) is 57.2. The number of carbonyl (C=O) groups excluding carboxylic acids is 3. The molecule has 1 heterocycles. The topological polar surface area (TPSA) is 242 Å². The van der Waals surface area contributed by atoms with Gasteiger partial charge in [0, 0.05) is 36.2 Å². The van der Waals surface area contributed by atoms with Gasteiger partial charge in [-0.3, -0.25) is 9.59 Å². The van der Waals surface area contributed by atoms with Crippen LogP contribution in [0.25, 0.3) is 10.9 Å². The number of aromatic nitrogens is 1. The number of hydrogen-bond acceptors (Lipinski definition) is 10. The van der Waals surface area contributed by atoms with E-state index in [1.54, 1.807) is 60.8 Å². The maximum Gasteiger partial charge on any atom is 0.407 e. The van der Waals surface area contributed by atoms with Crippen molar-refractivity contribution in [2.24, 2.45) is 5.41 Å². The molecule has 0 radical (unpaired) electrons. The number of carbonyl (C=O) groups is 4. The molecule has 7 N–H and O–H groups in total. The maximum atomic E-state index is 15.4. The zero-order valence-electron chi connectivity index (χ0n) is 37.0. The molecular formula is C48H58N5O11PS. The highest BCUT2D eigenvalue weighted by atomic mass is 32.2. The highest BCUT2D eigenvalue weighted by Crippen LogP contribution is 2.54. The molecule has 6 rings (SSSR count). The summed E-state index contributed by atoms with van der Waals surface area (Å²) in [5.41, 5.74) is -0.823. The molecule has 1 fully saturated rings. The Morgan fingerprint density at radius 2 is 1.50 bits per heavy atom. The first-order valence-electron chi connectivity index (χ1n) is 21.9. The Bertz CT molecular complexity index is 2570. The van der Waals surface area contributed by atoms with Gasteiger partial charge in [-0.1, -0.05) is 104 Å². The van der Waals surface area contributed by atoms with Gasteiger partial charge in [0.1, 0.15) is 32.2 Å². The second-order valence-corrected chi connectivity index (χ2v) is 20.6. The van der Waals surface area contributed by atoms with Gasteiger partial charge in [-0.2, -0.15) is 0 Å². The van der Waals surface area contributed by atoms with Crippen molar-refractivity contribution in [2.45, 2.75) is 81.4 Å². The van der Waals surface area contributed by atoms with E-state index < -0.39 is 76.7 Å². The minimum atomic E-state index is -4.02. The number of amides is 3. The summed E-state index contributed by atoms with van der Waals surface area (Å²) < 4.78 is 53.9. The number of aromatic amines is 1. The molecule has 0 aliphatic heterocycles. The van der Waals surface area contributed by atoms with Crippen LogP contribution in [0.2, 0.25) is 0 Å². The van der Waals surface area contributed by atoms with Crippen molar-refractivity contribution in [3.05, 3.63) is 138 Å². The Labute approximate surface area is 385 Å². The summed E-state index contributed by atoms with van der Waals surface area (Å²) in [7, 11) is -6.13.